The number of oxazole rings is 1. The molecule has 4 N–H and O–H groups in total. The predicted molar refractivity (Wildman–Crippen MR) is 78.5 cm³/mol. The van der Waals surface area contributed by atoms with E-state index in [-0.39, 0.29) is 5.95 Å². The standard InChI is InChI=1S/C13H20N6O/c1-4-5-15-10-6-11(19-13(14)18-10)16-7-12-17-8(2)9(3)20-12/h6H,4-5,7H2,1-3H3,(H4,14,15,16,18,19). The molecule has 0 aliphatic carbocycles. The zero-order valence-electron chi connectivity index (χ0n) is 12.0. The molecule has 2 heterocycles. The van der Waals surface area contributed by atoms with Crippen molar-refractivity contribution >= 4 is 17.6 Å². The van der Waals surface area contributed by atoms with Crippen molar-refractivity contribution in [2.24, 2.45) is 0 Å². The van der Waals surface area contributed by atoms with Crippen LogP contribution in [-0.4, -0.2) is 21.5 Å². The van der Waals surface area contributed by atoms with Crippen LogP contribution in [0.1, 0.15) is 30.7 Å². The summed E-state index contributed by atoms with van der Waals surface area (Å²) in [6.45, 7) is 7.19. The minimum Gasteiger partial charge on any atom is -0.444 e. The Morgan fingerprint density at radius 1 is 1.15 bits per heavy atom. The van der Waals surface area contributed by atoms with Gasteiger partial charge in [-0.05, 0) is 20.3 Å². The van der Waals surface area contributed by atoms with Gasteiger partial charge in [0.15, 0.2) is 0 Å². The van der Waals surface area contributed by atoms with E-state index in [0.29, 0.717) is 24.1 Å². The van der Waals surface area contributed by atoms with E-state index in [2.05, 4.69) is 32.5 Å². The number of rotatable bonds is 6. The maximum Gasteiger partial charge on any atom is 0.223 e. The summed E-state index contributed by atoms with van der Waals surface area (Å²) >= 11 is 0. The molecule has 0 aliphatic rings. The topological polar surface area (TPSA) is 102 Å². The first-order valence-electron chi connectivity index (χ1n) is 6.63. The van der Waals surface area contributed by atoms with Crippen molar-refractivity contribution in [1.82, 2.24) is 15.0 Å². The number of nitrogen functional groups attached to an aromatic ring is 1. The molecule has 108 valence electrons. The van der Waals surface area contributed by atoms with E-state index >= 15 is 0 Å². The van der Waals surface area contributed by atoms with E-state index in [1.165, 1.54) is 0 Å². The van der Waals surface area contributed by atoms with Crippen molar-refractivity contribution in [3.05, 3.63) is 23.4 Å². The molecule has 7 heteroatoms. The molecule has 0 bridgehead atoms. The third-order valence-corrected chi connectivity index (χ3v) is 2.79. The fraction of sp³-hybridized carbons (Fsp3) is 0.462. The summed E-state index contributed by atoms with van der Waals surface area (Å²) in [6.07, 6.45) is 1.02. The molecule has 2 aromatic heterocycles. The summed E-state index contributed by atoms with van der Waals surface area (Å²) in [5.74, 6) is 3.04. The molecule has 0 saturated carbocycles. The molecule has 0 saturated heterocycles. The van der Waals surface area contributed by atoms with E-state index < -0.39 is 0 Å². The van der Waals surface area contributed by atoms with Gasteiger partial charge in [-0.25, -0.2) is 4.98 Å². The molecule has 0 atom stereocenters. The Morgan fingerprint density at radius 2 is 1.85 bits per heavy atom. The summed E-state index contributed by atoms with van der Waals surface area (Å²) in [6, 6.07) is 1.81. The lowest BCUT2D eigenvalue weighted by Gasteiger charge is -2.08. The normalized spacial score (nSPS) is 10.6. The third kappa shape index (κ3) is 3.59. The van der Waals surface area contributed by atoms with Gasteiger partial charge in [0.25, 0.3) is 0 Å². The number of aryl methyl sites for hydroxylation is 2. The van der Waals surface area contributed by atoms with Gasteiger partial charge in [-0.15, -0.1) is 0 Å². The highest BCUT2D eigenvalue weighted by Crippen LogP contribution is 2.14. The van der Waals surface area contributed by atoms with Crippen molar-refractivity contribution in [2.75, 3.05) is 22.9 Å². The lowest BCUT2D eigenvalue weighted by atomic mass is 10.4. The third-order valence-electron chi connectivity index (χ3n) is 2.79. The average Bonchev–Trinajstić information content (AvgIpc) is 2.73. The van der Waals surface area contributed by atoms with Gasteiger partial charge in [0.2, 0.25) is 11.8 Å². The summed E-state index contributed by atoms with van der Waals surface area (Å²) in [5, 5.41) is 6.31. The minimum absolute atomic E-state index is 0.230. The van der Waals surface area contributed by atoms with Crippen LogP contribution in [-0.2, 0) is 6.54 Å². The summed E-state index contributed by atoms with van der Waals surface area (Å²) in [5.41, 5.74) is 6.58. The van der Waals surface area contributed by atoms with Crippen LogP contribution in [0.2, 0.25) is 0 Å². The Bertz CT molecular complexity index is 561. The summed E-state index contributed by atoms with van der Waals surface area (Å²) < 4.78 is 5.50. The highest BCUT2D eigenvalue weighted by molar-refractivity contribution is 5.50. The molecule has 0 fully saturated rings. The molecular weight excluding hydrogens is 256 g/mol. The zero-order chi connectivity index (χ0) is 14.5. The molecule has 2 rings (SSSR count). The lowest BCUT2D eigenvalue weighted by molar-refractivity contribution is 0.478. The van der Waals surface area contributed by atoms with Crippen molar-refractivity contribution in [3.63, 3.8) is 0 Å². The maximum absolute atomic E-state index is 5.69. The average molecular weight is 276 g/mol. The highest BCUT2D eigenvalue weighted by Gasteiger charge is 2.07. The van der Waals surface area contributed by atoms with Gasteiger partial charge < -0.3 is 20.8 Å². The fourth-order valence-electron chi connectivity index (χ4n) is 1.68. The molecule has 0 unspecified atom stereocenters. The van der Waals surface area contributed by atoms with Crippen LogP contribution < -0.4 is 16.4 Å². The van der Waals surface area contributed by atoms with E-state index in [1.54, 1.807) is 0 Å². The van der Waals surface area contributed by atoms with Gasteiger partial charge in [-0.2, -0.15) is 9.97 Å². The molecule has 0 aromatic carbocycles. The molecule has 0 spiro atoms. The van der Waals surface area contributed by atoms with E-state index in [9.17, 15) is 0 Å². The van der Waals surface area contributed by atoms with E-state index in [1.807, 2.05) is 19.9 Å². The van der Waals surface area contributed by atoms with Gasteiger partial charge in [0.1, 0.15) is 17.4 Å². The van der Waals surface area contributed by atoms with Crippen LogP contribution in [0, 0.1) is 13.8 Å². The molecule has 0 aliphatic heterocycles. The van der Waals surface area contributed by atoms with Crippen LogP contribution >= 0.6 is 0 Å². The number of nitrogens with two attached hydrogens (primary N) is 1. The predicted octanol–water partition coefficient (Wildman–Crippen LogP) is 2.10. The van der Waals surface area contributed by atoms with Gasteiger partial charge in [-0.3, -0.25) is 0 Å². The first-order chi connectivity index (χ1) is 9.58. The molecular formula is C13H20N6O. The number of nitrogens with one attached hydrogen (secondary N) is 2. The highest BCUT2D eigenvalue weighted by atomic mass is 16.4. The van der Waals surface area contributed by atoms with E-state index in [0.717, 1.165) is 24.4 Å². The Hall–Kier alpha value is -2.31. The van der Waals surface area contributed by atoms with Crippen molar-refractivity contribution in [2.45, 2.75) is 33.7 Å². The first kappa shape index (κ1) is 14.1. The van der Waals surface area contributed by atoms with Crippen molar-refractivity contribution in [3.8, 4) is 0 Å². The number of anilines is 3. The van der Waals surface area contributed by atoms with Gasteiger partial charge in [-0.1, -0.05) is 6.92 Å². The Labute approximate surface area is 118 Å². The Balaban J connectivity index is 2.03. The number of aromatic nitrogens is 3. The number of nitrogens with zero attached hydrogens (tertiary/aromatic N) is 3. The van der Waals surface area contributed by atoms with Crippen LogP contribution in [0.4, 0.5) is 17.6 Å². The second-order valence-electron chi connectivity index (χ2n) is 4.53. The lowest BCUT2D eigenvalue weighted by Crippen LogP contribution is -2.08. The molecule has 0 radical (unpaired) electrons. The number of hydrogen-bond donors (Lipinski definition) is 3. The second kappa shape index (κ2) is 6.23. The Kier molecular flexibility index (Phi) is 4.39. The SMILES string of the molecule is CCCNc1cc(NCc2nc(C)c(C)o2)nc(N)n1. The van der Waals surface area contributed by atoms with Crippen LogP contribution in [0.15, 0.2) is 10.5 Å². The maximum atomic E-state index is 5.69. The summed E-state index contributed by atoms with van der Waals surface area (Å²) in [4.78, 5) is 12.6. The van der Waals surface area contributed by atoms with Gasteiger partial charge in [0.05, 0.1) is 12.2 Å². The Morgan fingerprint density at radius 3 is 2.45 bits per heavy atom. The summed E-state index contributed by atoms with van der Waals surface area (Å²) in [7, 11) is 0. The smallest absolute Gasteiger partial charge is 0.223 e. The van der Waals surface area contributed by atoms with E-state index in [4.69, 9.17) is 10.2 Å². The second-order valence-corrected chi connectivity index (χ2v) is 4.53. The fourth-order valence-corrected chi connectivity index (χ4v) is 1.68. The van der Waals surface area contributed by atoms with Crippen molar-refractivity contribution < 1.29 is 4.42 Å². The van der Waals surface area contributed by atoms with Crippen molar-refractivity contribution in [1.29, 1.82) is 0 Å². The minimum atomic E-state index is 0.230. The van der Waals surface area contributed by atoms with Gasteiger partial charge >= 0.3 is 0 Å². The molecule has 2 aromatic rings. The largest absolute Gasteiger partial charge is 0.444 e. The number of hydrogen-bond acceptors (Lipinski definition) is 7. The zero-order valence-corrected chi connectivity index (χ0v) is 12.0. The molecule has 7 nitrogen and oxygen atoms in total. The van der Waals surface area contributed by atoms with Gasteiger partial charge in [0, 0.05) is 12.6 Å². The van der Waals surface area contributed by atoms with Crippen LogP contribution in [0.25, 0.3) is 0 Å². The first-order valence-corrected chi connectivity index (χ1v) is 6.63. The molecule has 20 heavy (non-hydrogen) atoms. The monoisotopic (exact) mass is 276 g/mol. The van der Waals surface area contributed by atoms with Crippen LogP contribution in [0.5, 0.6) is 0 Å². The van der Waals surface area contributed by atoms with Crippen LogP contribution in [0.3, 0.4) is 0 Å². The molecule has 0 amide bonds. The quantitative estimate of drug-likeness (QED) is 0.742.